The highest BCUT2D eigenvalue weighted by Gasteiger charge is 2.11. The molecule has 1 saturated heterocycles. The van der Waals surface area contributed by atoms with Gasteiger partial charge in [-0.2, -0.15) is 0 Å². The minimum absolute atomic E-state index is 0.194. The zero-order valence-electron chi connectivity index (χ0n) is 10.2. The molecule has 0 unspecified atom stereocenters. The molecular formula is C12H17ClN4O. The van der Waals surface area contributed by atoms with E-state index in [1.807, 2.05) is 0 Å². The van der Waals surface area contributed by atoms with E-state index in [4.69, 9.17) is 11.6 Å². The predicted molar refractivity (Wildman–Crippen MR) is 69.7 cm³/mol. The molecule has 0 spiro atoms. The zero-order chi connectivity index (χ0) is 12.8. The Bertz CT molecular complexity index is 390. The summed E-state index contributed by atoms with van der Waals surface area (Å²) in [6, 6.07) is 0. The van der Waals surface area contributed by atoms with E-state index in [0.717, 1.165) is 13.0 Å². The van der Waals surface area contributed by atoms with Gasteiger partial charge in [-0.05, 0) is 38.9 Å². The number of amides is 1. The van der Waals surface area contributed by atoms with Crippen LogP contribution in [0.5, 0.6) is 0 Å². The van der Waals surface area contributed by atoms with E-state index in [2.05, 4.69) is 20.2 Å². The molecule has 0 aliphatic carbocycles. The molecule has 1 aromatic rings. The predicted octanol–water partition coefficient (Wildman–Crippen LogP) is 1.35. The minimum Gasteiger partial charge on any atom is -0.351 e. The molecule has 2 heterocycles. The molecule has 2 rings (SSSR count). The maximum atomic E-state index is 11.7. The fourth-order valence-electron chi connectivity index (χ4n) is 2.03. The van der Waals surface area contributed by atoms with Crippen LogP contribution in [0.2, 0.25) is 5.15 Å². The molecule has 0 aromatic carbocycles. The number of nitrogens with zero attached hydrogens (tertiary/aromatic N) is 3. The molecule has 1 aromatic heterocycles. The van der Waals surface area contributed by atoms with Crippen LogP contribution in [-0.4, -0.2) is 47.0 Å². The number of rotatable bonds is 5. The van der Waals surface area contributed by atoms with Crippen molar-refractivity contribution in [3.63, 3.8) is 0 Å². The fraction of sp³-hybridized carbons (Fsp3) is 0.583. The Balaban J connectivity index is 1.66. The van der Waals surface area contributed by atoms with Crippen LogP contribution in [0, 0.1) is 0 Å². The van der Waals surface area contributed by atoms with Crippen LogP contribution in [0.15, 0.2) is 12.4 Å². The van der Waals surface area contributed by atoms with Crippen molar-refractivity contribution in [1.29, 1.82) is 0 Å². The molecule has 1 amide bonds. The average molecular weight is 269 g/mol. The normalized spacial score (nSPS) is 15.8. The molecular weight excluding hydrogens is 252 g/mol. The number of hydrogen-bond acceptors (Lipinski definition) is 4. The van der Waals surface area contributed by atoms with Crippen LogP contribution < -0.4 is 5.32 Å². The van der Waals surface area contributed by atoms with Crippen molar-refractivity contribution in [3.05, 3.63) is 23.2 Å². The maximum Gasteiger partial charge on any atom is 0.271 e. The summed E-state index contributed by atoms with van der Waals surface area (Å²) < 4.78 is 0. The molecule has 0 bridgehead atoms. The molecule has 0 radical (unpaired) electrons. The van der Waals surface area contributed by atoms with E-state index < -0.39 is 0 Å². The molecule has 0 saturated carbocycles. The summed E-state index contributed by atoms with van der Waals surface area (Å²) in [6.45, 7) is 4.10. The number of carbonyl (C=O) groups excluding carboxylic acids is 1. The Hall–Kier alpha value is -1.20. The van der Waals surface area contributed by atoms with Gasteiger partial charge in [0.25, 0.3) is 5.91 Å². The number of halogens is 1. The van der Waals surface area contributed by atoms with E-state index >= 15 is 0 Å². The first-order chi connectivity index (χ1) is 8.75. The first-order valence-electron chi connectivity index (χ1n) is 6.24. The highest BCUT2D eigenvalue weighted by molar-refractivity contribution is 6.29. The third kappa shape index (κ3) is 3.92. The third-order valence-corrected chi connectivity index (χ3v) is 3.18. The largest absolute Gasteiger partial charge is 0.351 e. The van der Waals surface area contributed by atoms with Crippen LogP contribution >= 0.6 is 11.6 Å². The molecule has 18 heavy (non-hydrogen) atoms. The Morgan fingerprint density at radius 1 is 1.33 bits per heavy atom. The Morgan fingerprint density at radius 2 is 2.11 bits per heavy atom. The third-order valence-electron chi connectivity index (χ3n) is 2.99. The highest BCUT2D eigenvalue weighted by Crippen LogP contribution is 2.07. The van der Waals surface area contributed by atoms with Gasteiger partial charge in [0.1, 0.15) is 10.8 Å². The van der Waals surface area contributed by atoms with Crippen molar-refractivity contribution in [2.75, 3.05) is 26.2 Å². The van der Waals surface area contributed by atoms with Gasteiger partial charge in [-0.25, -0.2) is 9.97 Å². The van der Waals surface area contributed by atoms with Gasteiger partial charge in [0, 0.05) is 6.54 Å². The van der Waals surface area contributed by atoms with E-state index in [1.54, 1.807) is 0 Å². The Morgan fingerprint density at radius 3 is 2.78 bits per heavy atom. The summed E-state index contributed by atoms with van der Waals surface area (Å²) in [5.74, 6) is -0.194. The molecule has 1 aliphatic heterocycles. The van der Waals surface area contributed by atoms with E-state index in [0.29, 0.717) is 17.4 Å². The summed E-state index contributed by atoms with van der Waals surface area (Å²) >= 11 is 5.60. The summed E-state index contributed by atoms with van der Waals surface area (Å²) in [6.07, 6.45) is 6.32. The molecule has 1 fully saturated rings. The van der Waals surface area contributed by atoms with Crippen molar-refractivity contribution in [1.82, 2.24) is 20.2 Å². The lowest BCUT2D eigenvalue weighted by Gasteiger charge is -2.14. The van der Waals surface area contributed by atoms with Gasteiger partial charge in [-0.3, -0.25) is 4.79 Å². The molecule has 1 N–H and O–H groups in total. The second kappa shape index (κ2) is 6.66. The molecule has 0 atom stereocenters. The minimum atomic E-state index is -0.194. The molecule has 6 heteroatoms. The Kier molecular flexibility index (Phi) is 4.90. The SMILES string of the molecule is O=C(NCCCN1CCCC1)c1cnc(Cl)cn1. The second-order valence-corrected chi connectivity index (χ2v) is 4.77. The van der Waals surface area contributed by atoms with Crippen molar-refractivity contribution in [2.45, 2.75) is 19.3 Å². The summed E-state index contributed by atoms with van der Waals surface area (Å²) in [5, 5.41) is 3.12. The molecule has 1 aliphatic rings. The van der Waals surface area contributed by atoms with Crippen molar-refractivity contribution in [2.24, 2.45) is 0 Å². The first-order valence-corrected chi connectivity index (χ1v) is 6.61. The van der Waals surface area contributed by atoms with Crippen LogP contribution in [0.25, 0.3) is 0 Å². The van der Waals surface area contributed by atoms with Crippen LogP contribution in [0.3, 0.4) is 0 Å². The van der Waals surface area contributed by atoms with Gasteiger partial charge in [0.15, 0.2) is 0 Å². The van der Waals surface area contributed by atoms with Crippen molar-refractivity contribution >= 4 is 17.5 Å². The number of aromatic nitrogens is 2. The smallest absolute Gasteiger partial charge is 0.271 e. The van der Waals surface area contributed by atoms with Gasteiger partial charge >= 0.3 is 0 Å². The lowest BCUT2D eigenvalue weighted by Crippen LogP contribution is -2.29. The lowest BCUT2D eigenvalue weighted by molar-refractivity contribution is 0.0946. The zero-order valence-corrected chi connectivity index (χ0v) is 11.0. The summed E-state index contributed by atoms with van der Waals surface area (Å²) in [5.41, 5.74) is 0.306. The van der Waals surface area contributed by atoms with Crippen molar-refractivity contribution in [3.8, 4) is 0 Å². The highest BCUT2D eigenvalue weighted by atomic mass is 35.5. The number of hydrogen-bond donors (Lipinski definition) is 1. The summed E-state index contributed by atoms with van der Waals surface area (Å²) in [4.78, 5) is 21.8. The number of nitrogens with one attached hydrogen (secondary N) is 1. The number of likely N-dealkylation sites (tertiary alicyclic amines) is 1. The van der Waals surface area contributed by atoms with Crippen molar-refractivity contribution < 1.29 is 4.79 Å². The second-order valence-electron chi connectivity index (χ2n) is 4.38. The van der Waals surface area contributed by atoms with Gasteiger partial charge in [0.05, 0.1) is 12.4 Å². The van der Waals surface area contributed by atoms with Crippen LogP contribution in [-0.2, 0) is 0 Å². The van der Waals surface area contributed by atoms with Gasteiger partial charge in [0.2, 0.25) is 0 Å². The van der Waals surface area contributed by atoms with Crippen LogP contribution in [0.4, 0.5) is 0 Å². The van der Waals surface area contributed by atoms with Gasteiger partial charge in [-0.1, -0.05) is 11.6 Å². The standard InChI is InChI=1S/C12H17ClN4O/c13-11-9-15-10(8-16-11)12(18)14-4-3-7-17-5-1-2-6-17/h8-9H,1-7H2,(H,14,18). The quantitative estimate of drug-likeness (QED) is 0.819. The van der Waals surface area contributed by atoms with Crippen LogP contribution in [0.1, 0.15) is 29.8 Å². The summed E-state index contributed by atoms with van der Waals surface area (Å²) in [7, 11) is 0. The van der Waals surface area contributed by atoms with Gasteiger partial charge in [-0.15, -0.1) is 0 Å². The topological polar surface area (TPSA) is 58.1 Å². The molecule has 98 valence electrons. The lowest BCUT2D eigenvalue weighted by atomic mass is 10.3. The number of carbonyl (C=O) groups is 1. The van der Waals surface area contributed by atoms with Gasteiger partial charge < -0.3 is 10.2 Å². The average Bonchev–Trinajstić information content (AvgIpc) is 2.88. The van der Waals surface area contributed by atoms with E-state index in [9.17, 15) is 4.79 Å². The first kappa shape index (κ1) is 13.2. The fourth-order valence-corrected chi connectivity index (χ4v) is 2.13. The van der Waals surface area contributed by atoms with E-state index in [-0.39, 0.29) is 5.91 Å². The van der Waals surface area contributed by atoms with E-state index in [1.165, 1.54) is 38.3 Å². The Labute approximate surface area is 112 Å². The molecule has 5 nitrogen and oxygen atoms in total. The monoisotopic (exact) mass is 268 g/mol. The maximum absolute atomic E-state index is 11.7.